The molecular formula is C9H11F3N2O2S. The molecule has 1 aromatic rings. The van der Waals surface area contributed by atoms with E-state index in [-0.39, 0.29) is 36.2 Å². The molecule has 0 N–H and O–H groups in total. The standard InChI is InChI=1S/C9H11F3N2O2S/c1-2-16-8(15)7-5-13-14(6-7)3-4-17-9(10,11)12/h5-6H,2-4H2,1H3. The molecule has 0 unspecified atom stereocenters. The van der Waals surface area contributed by atoms with Crippen molar-refractivity contribution in [2.75, 3.05) is 12.4 Å². The van der Waals surface area contributed by atoms with Gasteiger partial charge in [0.25, 0.3) is 0 Å². The zero-order valence-electron chi connectivity index (χ0n) is 9.03. The van der Waals surface area contributed by atoms with E-state index >= 15 is 0 Å². The Morgan fingerprint density at radius 1 is 1.59 bits per heavy atom. The minimum Gasteiger partial charge on any atom is -0.462 e. The van der Waals surface area contributed by atoms with Gasteiger partial charge in [-0.15, -0.1) is 0 Å². The van der Waals surface area contributed by atoms with Gasteiger partial charge in [0.2, 0.25) is 0 Å². The van der Waals surface area contributed by atoms with Crippen molar-refractivity contribution in [3.05, 3.63) is 18.0 Å². The molecule has 0 bridgehead atoms. The SMILES string of the molecule is CCOC(=O)c1cnn(CCSC(F)(F)F)c1. The van der Waals surface area contributed by atoms with Gasteiger partial charge in [-0.3, -0.25) is 4.68 Å². The third kappa shape index (κ3) is 5.12. The first-order valence-electron chi connectivity index (χ1n) is 4.82. The second-order valence-corrected chi connectivity index (χ2v) is 4.17. The van der Waals surface area contributed by atoms with Crippen LogP contribution in [0.2, 0.25) is 0 Å². The molecular weight excluding hydrogens is 257 g/mol. The van der Waals surface area contributed by atoms with Crippen molar-refractivity contribution >= 4 is 17.7 Å². The summed E-state index contributed by atoms with van der Waals surface area (Å²) in [7, 11) is 0. The van der Waals surface area contributed by atoms with E-state index in [0.29, 0.717) is 0 Å². The van der Waals surface area contributed by atoms with E-state index in [1.54, 1.807) is 6.92 Å². The van der Waals surface area contributed by atoms with Crippen LogP contribution in [0.1, 0.15) is 17.3 Å². The van der Waals surface area contributed by atoms with Crippen molar-refractivity contribution in [2.24, 2.45) is 0 Å². The number of aryl methyl sites for hydroxylation is 1. The molecule has 0 fully saturated rings. The van der Waals surface area contributed by atoms with E-state index in [1.807, 2.05) is 0 Å². The lowest BCUT2D eigenvalue weighted by molar-refractivity contribution is -0.0328. The van der Waals surface area contributed by atoms with Gasteiger partial charge < -0.3 is 4.74 Å². The Morgan fingerprint density at radius 3 is 2.88 bits per heavy atom. The molecule has 96 valence electrons. The summed E-state index contributed by atoms with van der Waals surface area (Å²) in [4.78, 5) is 11.2. The maximum atomic E-state index is 11.9. The van der Waals surface area contributed by atoms with Gasteiger partial charge in [0.1, 0.15) is 0 Å². The third-order valence-electron chi connectivity index (χ3n) is 1.73. The zero-order valence-corrected chi connectivity index (χ0v) is 9.85. The summed E-state index contributed by atoms with van der Waals surface area (Å²) in [5.74, 6) is -0.671. The lowest BCUT2D eigenvalue weighted by Gasteiger charge is -2.04. The van der Waals surface area contributed by atoms with Gasteiger partial charge in [-0.2, -0.15) is 18.3 Å². The Bertz CT molecular complexity index is 379. The summed E-state index contributed by atoms with van der Waals surface area (Å²) in [6.07, 6.45) is 2.64. The second-order valence-electron chi connectivity index (χ2n) is 3.01. The first-order valence-corrected chi connectivity index (χ1v) is 5.81. The van der Waals surface area contributed by atoms with Crippen LogP contribution in [0, 0.1) is 0 Å². The van der Waals surface area contributed by atoms with Gasteiger partial charge in [-0.25, -0.2) is 4.79 Å². The molecule has 0 radical (unpaired) electrons. The number of ether oxygens (including phenoxy) is 1. The minimum absolute atomic E-state index is 0.0869. The maximum Gasteiger partial charge on any atom is 0.441 e. The Kier molecular flexibility index (Phi) is 4.86. The Balaban J connectivity index is 2.43. The largest absolute Gasteiger partial charge is 0.462 e. The molecule has 1 rings (SSSR count). The number of rotatable bonds is 5. The smallest absolute Gasteiger partial charge is 0.441 e. The van der Waals surface area contributed by atoms with Crippen molar-refractivity contribution in [3.63, 3.8) is 0 Å². The van der Waals surface area contributed by atoms with E-state index in [9.17, 15) is 18.0 Å². The van der Waals surface area contributed by atoms with Crippen LogP contribution >= 0.6 is 11.8 Å². The molecule has 8 heteroatoms. The minimum atomic E-state index is -4.24. The first kappa shape index (κ1) is 13.9. The van der Waals surface area contributed by atoms with Crippen LogP contribution in [0.15, 0.2) is 12.4 Å². The summed E-state index contributed by atoms with van der Waals surface area (Å²) >= 11 is -0.121. The number of alkyl halides is 3. The summed E-state index contributed by atoms with van der Waals surface area (Å²) in [5, 5.41) is 3.77. The van der Waals surface area contributed by atoms with E-state index in [4.69, 9.17) is 4.74 Å². The van der Waals surface area contributed by atoms with Gasteiger partial charge >= 0.3 is 11.5 Å². The highest BCUT2D eigenvalue weighted by Gasteiger charge is 2.27. The summed E-state index contributed by atoms with van der Waals surface area (Å²) in [6.45, 7) is 2.00. The summed E-state index contributed by atoms with van der Waals surface area (Å²) in [5.41, 5.74) is -4.00. The fourth-order valence-electron chi connectivity index (χ4n) is 1.06. The van der Waals surface area contributed by atoms with Crippen LogP contribution in [0.25, 0.3) is 0 Å². The molecule has 0 saturated heterocycles. The normalized spacial score (nSPS) is 11.5. The second kappa shape index (κ2) is 5.95. The monoisotopic (exact) mass is 268 g/mol. The highest BCUT2D eigenvalue weighted by molar-refractivity contribution is 8.00. The predicted octanol–water partition coefficient (Wildman–Crippen LogP) is 2.31. The van der Waals surface area contributed by atoms with E-state index in [0.717, 1.165) is 0 Å². The topological polar surface area (TPSA) is 44.1 Å². The zero-order chi connectivity index (χ0) is 12.9. The number of halogens is 3. The maximum absolute atomic E-state index is 11.9. The van der Waals surface area contributed by atoms with Crippen LogP contribution in [-0.4, -0.2) is 33.6 Å². The highest BCUT2D eigenvalue weighted by atomic mass is 32.2. The molecule has 0 amide bonds. The van der Waals surface area contributed by atoms with Gasteiger partial charge in [-0.1, -0.05) is 0 Å². The number of carbonyl (C=O) groups excluding carboxylic acids is 1. The Morgan fingerprint density at radius 2 is 2.29 bits per heavy atom. The fraction of sp³-hybridized carbons (Fsp3) is 0.556. The summed E-state index contributed by atoms with van der Waals surface area (Å²) < 4.78 is 41.6. The molecule has 1 heterocycles. The van der Waals surface area contributed by atoms with Crippen LogP contribution in [0.3, 0.4) is 0 Å². The van der Waals surface area contributed by atoms with Crippen LogP contribution < -0.4 is 0 Å². The quantitative estimate of drug-likeness (QED) is 0.769. The average Bonchev–Trinajstić information content (AvgIpc) is 2.65. The fourth-order valence-corrected chi connectivity index (χ4v) is 1.57. The lowest BCUT2D eigenvalue weighted by atomic mass is 10.4. The number of esters is 1. The molecule has 17 heavy (non-hydrogen) atoms. The molecule has 0 aliphatic heterocycles. The van der Waals surface area contributed by atoms with Crippen molar-refractivity contribution in [3.8, 4) is 0 Å². The Hall–Kier alpha value is -1.18. The van der Waals surface area contributed by atoms with Crippen LogP contribution in [-0.2, 0) is 11.3 Å². The van der Waals surface area contributed by atoms with Crippen LogP contribution in [0.4, 0.5) is 13.2 Å². The molecule has 0 aromatic carbocycles. The molecule has 0 atom stereocenters. The average molecular weight is 268 g/mol. The molecule has 0 aliphatic carbocycles. The number of nitrogens with zero attached hydrogens (tertiary/aromatic N) is 2. The third-order valence-corrected chi connectivity index (χ3v) is 2.44. The number of thioether (sulfide) groups is 1. The van der Waals surface area contributed by atoms with Gasteiger partial charge in [0.15, 0.2) is 0 Å². The number of hydrogen-bond acceptors (Lipinski definition) is 4. The van der Waals surface area contributed by atoms with Crippen molar-refractivity contribution in [1.82, 2.24) is 9.78 Å². The molecule has 0 saturated carbocycles. The van der Waals surface area contributed by atoms with Crippen molar-refractivity contribution in [1.29, 1.82) is 0 Å². The number of aromatic nitrogens is 2. The van der Waals surface area contributed by atoms with Gasteiger partial charge in [-0.05, 0) is 18.7 Å². The van der Waals surface area contributed by atoms with E-state index in [1.165, 1.54) is 17.1 Å². The predicted molar refractivity (Wildman–Crippen MR) is 56.7 cm³/mol. The lowest BCUT2D eigenvalue weighted by Crippen LogP contribution is -2.07. The first-order chi connectivity index (χ1) is 7.92. The highest BCUT2D eigenvalue weighted by Crippen LogP contribution is 2.29. The Labute approximate surface area is 100 Å². The molecule has 1 aromatic heterocycles. The van der Waals surface area contributed by atoms with Gasteiger partial charge in [0, 0.05) is 11.9 Å². The number of hydrogen-bond donors (Lipinski definition) is 0. The molecule has 0 spiro atoms. The molecule has 0 aliphatic rings. The molecule has 4 nitrogen and oxygen atoms in total. The van der Waals surface area contributed by atoms with E-state index in [2.05, 4.69) is 5.10 Å². The van der Waals surface area contributed by atoms with Crippen molar-refractivity contribution in [2.45, 2.75) is 19.0 Å². The van der Waals surface area contributed by atoms with Crippen molar-refractivity contribution < 1.29 is 22.7 Å². The van der Waals surface area contributed by atoms with Crippen LogP contribution in [0.5, 0.6) is 0 Å². The van der Waals surface area contributed by atoms with E-state index < -0.39 is 11.5 Å². The summed E-state index contributed by atoms with van der Waals surface area (Å²) in [6, 6.07) is 0. The van der Waals surface area contributed by atoms with Gasteiger partial charge in [0.05, 0.1) is 24.9 Å². The number of carbonyl (C=O) groups is 1.